The predicted octanol–water partition coefficient (Wildman–Crippen LogP) is -15.2. The van der Waals surface area contributed by atoms with Crippen LogP contribution in [0, 0.1) is 6.92 Å². The van der Waals surface area contributed by atoms with Gasteiger partial charge in [0, 0.05) is 393 Å². The first-order chi connectivity index (χ1) is 37.4. The fourth-order valence-electron chi connectivity index (χ4n) is 12.4. The zero-order valence-electron chi connectivity index (χ0n) is 47.8. The van der Waals surface area contributed by atoms with Crippen molar-refractivity contribution in [2.75, 3.05) is 0 Å². The van der Waals surface area contributed by atoms with Gasteiger partial charge in [-0.2, -0.15) is 0 Å². The van der Waals surface area contributed by atoms with E-state index in [0.717, 1.165) is 22.3 Å². The maximum absolute atomic E-state index is 6.56. The lowest BCUT2D eigenvalue weighted by atomic mass is 8.24. The van der Waals surface area contributed by atoms with Crippen LogP contribution in [0.4, 0.5) is 0 Å². The van der Waals surface area contributed by atoms with Gasteiger partial charge in [-0.1, -0.05) is 54.6 Å². The van der Waals surface area contributed by atoms with Crippen LogP contribution in [0.3, 0.4) is 0 Å². The first kappa shape index (κ1) is 76.3. The van der Waals surface area contributed by atoms with Gasteiger partial charge in [-0.05, 0) is 57.3 Å². The number of pyridine rings is 1. The molecule has 0 N–H and O–H groups in total. The molecule has 81 heavy (non-hydrogen) atoms. The minimum absolute atomic E-state index is 0.331. The summed E-state index contributed by atoms with van der Waals surface area (Å²) in [5.74, 6) is 0. The molecule has 0 amide bonds. The van der Waals surface area contributed by atoms with E-state index >= 15 is 0 Å². The number of aromatic nitrogens is 1. The fourth-order valence-corrected chi connectivity index (χ4v) is 12.4. The van der Waals surface area contributed by atoms with Crippen molar-refractivity contribution in [3.8, 4) is 22.4 Å². The number of benzene rings is 2. The summed E-state index contributed by atoms with van der Waals surface area (Å²) in [4.78, 5) is 4.70. The van der Waals surface area contributed by atoms with E-state index in [0.29, 0.717) is 0 Å². The summed E-state index contributed by atoms with van der Waals surface area (Å²) < 4.78 is 12.3. The van der Waals surface area contributed by atoms with Crippen LogP contribution in [0.1, 0.15) is 33.3 Å². The highest BCUT2D eigenvalue weighted by Crippen LogP contribution is 2.37. The number of nitrogens with zero attached hydrogens (tertiary/aromatic N) is 1. The maximum atomic E-state index is 6.56. The van der Waals surface area contributed by atoms with E-state index in [2.05, 4.69) is 89.2 Å². The van der Waals surface area contributed by atoms with Crippen molar-refractivity contribution in [2.24, 2.45) is 0 Å². The number of hydrogen-bond donors (Lipinski definition) is 0. The molecule has 1 aliphatic heterocycles. The molecule has 4 rings (SSSR count). The highest BCUT2D eigenvalue weighted by molar-refractivity contribution is 8.36. The second-order valence-corrected chi connectivity index (χ2v) is 23.1. The highest BCUT2D eigenvalue weighted by atomic mass is 16.7. The first-order valence-corrected chi connectivity index (χ1v) is 27.1. The average molecular weight is 944 g/mol. The minimum Gasteiger partial charge on any atom is -0.399 e. The van der Waals surface area contributed by atoms with Crippen molar-refractivity contribution < 1.29 is 9.31 Å². The maximum Gasteiger partial charge on any atom is 0.494 e. The largest absolute Gasteiger partial charge is 0.494 e. The second kappa shape index (κ2) is 33.7. The summed E-state index contributed by atoms with van der Waals surface area (Å²) in [6.45, 7) is 10.4. The molecule has 1 fully saturated rings. The van der Waals surface area contributed by atoms with E-state index in [9.17, 15) is 0 Å². The van der Waals surface area contributed by atoms with Gasteiger partial charge in [0.2, 0.25) is 0 Å². The third kappa shape index (κ3) is 19.5. The van der Waals surface area contributed by atoms with Gasteiger partial charge in [-0.15, -0.1) is 0 Å². The van der Waals surface area contributed by atoms with Crippen LogP contribution < -0.4 is 5.46 Å². The van der Waals surface area contributed by atoms with Crippen molar-refractivity contribution in [3.63, 3.8) is 0 Å². The lowest BCUT2D eigenvalue weighted by molar-refractivity contribution is 0.00578. The van der Waals surface area contributed by atoms with Crippen LogP contribution in [0.5, 0.6) is 0 Å². The molecule has 1 aliphatic rings. The predicted molar refractivity (Wildman–Crippen MR) is 421 cm³/mol. The average Bonchev–Trinajstić information content (AvgIpc) is 3.55. The second-order valence-electron chi connectivity index (χ2n) is 23.1. The SMILES string of the molecule is Cc1cc(-c2ccc(B3OC(C)(C)C(C)(C)O3)cc2)ncc1-c1ccccc1.[B][B]B(B([B])[B])B(B(B([B])[B])B([B])[B])B(B(B([B])[B])B([B])[B])B(B(B(B([B])[B])B([B])[B])B(B([B])[B])B([B])[B])B(B(B([B])[B])B([B])[B])B(B([B])[B])B([B])[B]. The Bertz CT molecular complexity index is 2140. The highest BCUT2D eigenvalue weighted by Gasteiger charge is 2.61. The summed E-state index contributed by atoms with van der Waals surface area (Å²) in [6.07, 6.45) is -30.7. The van der Waals surface area contributed by atoms with Crippen molar-refractivity contribution in [1.82, 2.24) is 4.98 Å². The molecule has 0 atom stereocenters. The Hall–Kier alpha value is 1.02. The van der Waals surface area contributed by atoms with Crippen LogP contribution in [0.2, 0.25) is 0 Å². The lowest BCUT2D eigenvalue weighted by Crippen LogP contribution is -2.95. The summed E-state index contributed by atoms with van der Waals surface area (Å²) >= 11 is 0. The molecule has 57 heteroatoms. The van der Waals surface area contributed by atoms with Gasteiger partial charge in [0.05, 0.1) is 16.9 Å². The Morgan fingerprint density at radius 2 is 0.679 bits per heavy atom. The summed E-state index contributed by atoms with van der Waals surface area (Å²) in [5.41, 5.74) is 5.99. The Morgan fingerprint density at radius 1 is 0.383 bits per heavy atom. The topological polar surface area (TPSA) is 31.4 Å². The zero-order chi connectivity index (χ0) is 62.1. The van der Waals surface area contributed by atoms with Crippen molar-refractivity contribution >= 4 is 388 Å². The molecule has 0 unspecified atom stereocenters. The van der Waals surface area contributed by atoms with Crippen LogP contribution >= 0.6 is 0 Å². The molecule has 2 heterocycles. The van der Waals surface area contributed by atoms with E-state index < -0.39 is 160 Å². The first-order valence-electron chi connectivity index (χ1n) is 27.1. The molecule has 0 saturated carbocycles. The quantitative estimate of drug-likeness (QED) is 0.0680. The van der Waals surface area contributed by atoms with Gasteiger partial charge < -0.3 is 9.31 Å². The van der Waals surface area contributed by atoms with Gasteiger partial charge in [0.1, 0.15) is 0 Å². The smallest absolute Gasteiger partial charge is 0.399 e. The molecule has 3 aromatic rings. The molecular weight excluding hydrogens is 918 g/mol. The third-order valence-corrected chi connectivity index (χ3v) is 16.8. The lowest BCUT2D eigenvalue weighted by Gasteiger charge is -2.57. The van der Waals surface area contributed by atoms with Crippen LogP contribution in [0.25, 0.3) is 22.4 Å². The van der Waals surface area contributed by atoms with E-state index in [4.69, 9.17) is 223 Å². The number of hydrogen-bond acceptors (Lipinski definition) is 3. The molecular formula is C24H26B54NO2. The van der Waals surface area contributed by atoms with Crippen LogP contribution in [0.15, 0.2) is 66.9 Å². The Balaban J connectivity index is 0.000000507. The fraction of sp³-hybridized carbons (Fsp3) is 0.292. The molecule has 0 spiro atoms. The van der Waals surface area contributed by atoms with Gasteiger partial charge in [0.15, 0.2) is 0 Å². The van der Waals surface area contributed by atoms with Crippen LogP contribution in [-0.4, -0.2) is 399 Å². The van der Waals surface area contributed by atoms with Gasteiger partial charge in [-0.3, -0.25) is 4.98 Å². The molecule has 55 radical (unpaired) electrons. The van der Waals surface area contributed by atoms with E-state index in [1.165, 1.54) is 18.2 Å². The molecule has 1 aromatic heterocycles. The molecule has 301 valence electrons. The molecule has 3 nitrogen and oxygen atoms in total. The van der Waals surface area contributed by atoms with Crippen LogP contribution in [-0.2, 0) is 9.31 Å². The van der Waals surface area contributed by atoms with E-state index in [1.807, 2.05) is 12.3 Å². The molecule has 2 aromatic carbocycles. The molecule has 0 bridgehead atoms. The van der Waals surface area contributed by atoms with E-state index in [-0.39, 0.29) is 18.3 Å². The monoisotopic (exact) mass is 955 g/mol. The third-order valence-electron chi connectivity index (χ3n) is 16.8. The van der Waals surface area contributed by atoms with Crippen molar-refractivity contribution in [3.05, 3.63) is 72.4 Å². The summed E-state index contributed by atoms with van der Waals surface area (Å²) in [7, 11) is 176. The number of rotatable bonds is 28. The summed E-state index contributed by atoms with van der Waals surface area (Å²) in [6, 6.07) is 20.8. The van der Waals surface area contributed by atoms with Gasteiger partial charge >= 0.3 is 7.12 Å². The standard InChI is InChI=1S/C24H26BNO2.B53/c1-17-15-22(26-16-21(17)18-9-7-6-8-10-18)19-11-13-20(14-12-19)25-27-23(2,3)24(4,5)28-25;1-28-42(29(2)3)49(43(30(4)5)31(6)7)52(48(40(24)25)41(26)27)53(50(44(32(8)9)33(10)11)45(34(12)13)35(14)15)51(46(36(16)17)37(18)19)47(38(20)21)39(22)23/h6-16H,1-5H3;. The number of aryl methyl sites for hydroxylation is 1. The van der Waals surface area contributed by atoms with Gasteiger partial charge in [0.25, 0.3) is 0 Å². The van der Waals surface area contributed by atoms with Crippen molar-refractivity contribution in [1.29, 1.82) is 0 Å². The molecule has 0 aliphatic carbocycles. The minimum atomic E-state index is -1.40. The van der Waals surface area contributed by atoms with Crippen molar-refractivity contribution in [2.45, 2.75) is 45.8 Å². The Morgan fingerprint density at radius 3 is 0.963 bits per heavy atom. The van der Waals surface area contributed by atoms with Gasteiger partial charge in [-0.25, -0.2) is 0 Å². The normalized spacial score (nSPS) is 12.4. The van der Waals surface area contributed by atoms with E-state index in [1.54, 1.807) is 0 Å². The molecule has 1 saturated heterocycles. The summed E-state index contributed by atoms with van der Waals surface area (Å²) in [5, 5.41) is 0. The zero-order valence-corrected chi connectivity index (χ0v) is 47.8. The Kier molecular flexibility index (Phi) is 31.8. The Labute approximate surface area is 538 Å².